The molecular weight excluding hydrogens is 285 g/mol. The molecule has 1 aromatic carbocycles. The average molecular weight is 303 g/mol. The van der Waals surface area contributed by atoms with Crippen LogP contribution in [0.4, 0.5) is 10.1 Å². The molecule has 0 spiro atoms. The highest BCUT2D eigenvalue weighted by molar-refractivity contribution is 5.90. The Balaban J connectivity index is 1.87. The van der Waals surface area contributed by atoms with E-state index in [1.165, 1.54) is 30.5 Å². The molecule has 1 amide bonds. The molecular formula is C16H18FN3O2. The Hall–Kier alpha value is -2.47. The first-order valence-corrected chi connectivity index (χ1v) is 7.01. The van der Waals surface area contributed by atoms with Crippen molar-refractivity contribution in [3.8, 4) is 11.6 Å². The van der Waals surface area contributed by atoms with E-state index in [0.717, 1.165) is 13.0 Å². The molecule has 22 heavy (non-hydrogen) atoms. The van der Waals surface area contributed by atoms with Crippen LogP contribution in [0.15, 0.2) is 42.6 Å². The van der Waals surface area contributed by atoms with Crippen LogP contribution in [0, 0.1) is 5.82 Å². The van der Waals surface area contributed by atoms with Gasteiger partial charge in [0.05, 0.1) is 11.9 Å². The molecule has 0 aliphatic carbocycles. The van der Waals surface area contributed by atoms with E-state index in [9.17, 15) is 9.18 Å². The summed E-state index contributed by atoms with van der Waals surface area (Å²) < 4.78 is 18.3. The predicted octanol–water partition coefficient (Wildman–Crippen LogP) is 2.95. The van der Waals surface area contributed by atoms with Crippen molar-refractivity contribution in [2.24, 2.45) is 0 Å². The van der Waals surface area contributed by atoms with E-state index in [1.54, 1.807) is 12.1 Å². The zero-order chi connectivity index (χ0) is 15.8. The molecule has 1 aromatic heterocycles. The number of carbonyl (C=O) groups excluding carboxylic acids is 1. The maximum Gasteiger partial charge on any atom is 0.224 e. The highest BCUT2D eigenvalue weighted by Crippen LogP contribution is 2.20. The molecule has 2 rings (SSSR count). The maximum absolute atomic E-state index is 12.8. The van der Waals surface area contributed by atoms with Crippen molar-refractivity contribution in [2.75, 3.05) is 18.9 Å². The number of amides is 1. The Morgan fingerprint density at radius 2 is 2.00 bits per heavy atom. The fraction of sp³-hybridized carbons (Fsp3) is 0.250. The largest absolute Gasteiger partial charge is 0.439 e. The molecule has 5 nitrogen and oxygen atoms in total. The maximum atomic E-state index is 12.8. The zero-order valence-corrected chi connectivity index (χ0v) is 12.3. The van der Waals surface area contributed by atoms with Crippen molar-refractivity contribution in [3.63, 3.8) is 0 Å². The molecule has 0 saturated heterocycles. The summed E-state index contributed by atoms with van der Waals surface area (Å²) in [6.45, 7) is 0.802. The second kappa shape index (κ2) is 8.09. The summed E-state index contributed by atoms with van der Waals surface area (Å²) in [5, 5.41) is 5.75. The van der Waals surface area contributed by atoms with Gasteiger partial charge in [0.25, 0.3) is 0 Å². The van der Waals surface area contributed by atoms with Gasteiger partial charge >= 0.3 is 0 Å². The number of carbonyl (C=O) groups is 1. The minimum atomic E-state index is -0.323. The molecule has 2 aromatic rings. The molecule has 0 bridgehead atoms. The van der Waals surface area contributed by atoms with Crippen molar-refractivity contribution in [1.29, 1.82) is 0 Å². The van der Waals surface area contributed by atoms with E-state index in [1.807, 2.05) is 7.05 Å². The van der Waals surface area contributed by atoms with E-state index >= 15 is 0 Å². The smallest absolute Gasteiger partial charge is 0.224 e. The molecule has 6 heteroatoms. The summed E-state index contributed by atoms with van der Waals surface area (Å²) in [5.74, 6) is 0.499. The summed E-state index contributed by atoms with van der Waals surface area (Å²) in [4.78, 5) is 15.8. The zero-order valence-electron chi connectivity index (χ0n) is 12.3. The van der Waals surface area contributed by atoms with Gasteiger partial charge in [-0.2, -0.15) is 0 Å². The van der Waals surface area contributed by atoms with Crippen molar-refractivity contribution in [3.05, 3.63) is 48.4 Å². The van der Waals surface area contributed by atoms with Gasteiger partial charge in [0.15, 0.2) is 0 Å². The van der Waals surface area contributed by atoms with Crippen LogP contribution in [0.3, 0.4) is 0 Å². The molecule has 0 atom stereocenters. The Morgan fingerprint density at radius 1 is 1.23 bits per heavy atom. The molecule has 0 saturated carbocycles. The van der Waals surface area contributed by atoms with E-state index in [2.05, 4.69) is 15.6 Å². The van der Waals surface area contributed by atoms with Gasteiger partial charge in [0.1, 0.15) is 11.6 Å². The van der Waals surface area contributed by atoms with E-state index in [0.29, 0.717) is 23.7 Å². The highest BCUT2D eigenvalue weighted by atomic mass is 19.1. The fourth-order valence-corrected chi connectivity index (χ4v) is 1.79. The summed E-state index contributed by atoms with van der Waals surface area (Å²) in [6.07, 6.45) is 2.75. The van der Waals surface area contributed by atoms with Crippen LogP contribution in [0.2, 0.25) is 0 Å². The lowest BCUT2D eigenvalue weighted by Crippen LogP contribution is -2.15. The third-order valence-corrected chi connectivity index (χ3v) is 2.89. The van der Waals surface area contributed by atoms with Crippen molar-refractivity contribution in [1.82, 2.24) is 10.3 Å². The van der Waals surface area contributed by atoms with Gasteiger partial charge in [0.2, 0.25) is 11.8 Å². The number of hydrogen-bond donors (Lipinski definition) is 2. The quantitative estimate of drug-likeness (QED) is 0.772. The Kier molecular flexibility index (Phi) is 5.85. The topological polar surface area (TPSA) is 63.2 Å². The number of nitrogens with one attached hydrogen (secondary N) is 2. The number of anilines is 1. The highest BCUT2D eigenvalue weighted by Gasteiger charge is 2.04. The van der Waals surface area contributed by atoms with Crippen molar-refractivity contribution < 1.29 is 13.9 Å². The summed E-state index contributed by atoms with van der Waals surface area (Å²) >= 11 is 0. The summed E-state index contributed by atoms with van der Waals surface area (Å²) in [5.41, 5.74) is 0.612. The molecule has 0 aliphatic heterocycles. The lowest BCUT2D eigenvalue weighted by molar-refractivity contribution is -0.116. The van der Waals surface area contributed by atoms with Crippen LogP contribution in [0.1, 0.15) is 12.8 Å². The summed E-state index contributed by atoms with van der Waals surface area (Å²) in [7, 11) is 1.85. The minimum Gasteiger partial charge on any atom is -0.439 e. The van der Waals surface area contributed by atoms with E-state index < -0.39 is 0 Å². The van der Waals surface area contributed by atoms with E-state index in [4.69, 9.17) is 4.74 Å². The van der Waals surface area contributed by atoms with Crippen molar-refractivity contribution in [2.45, 2.75) is 12.8 Å². The minimum absolute atomic E-state index is 0.0516. The first kappa shape index (κ1) is 15.9. The number of nitrogens with zero attached hydrogens (tertiary/aromatic N) is 1. The molecule has 116 valence electrons. The number of hydrogen-bond acceptors (Lipinski definition) is 4. The normalized spacial score (nSPS) is 10.3. The van der Waals surface area contributed by atoms with Gasteiger partial charge in [-0.15, -0.1) is 0 Å². The number of ether oxygens (including phenoxy) is 1. The summed E-state index contributed by atoms with van der Waals surface area (Å²) in [6, 6.07) is 9.03. The van der Waals surface area contributed by atoms with Crippen LogP contribution in [-0.2, 0) is 4.79 Å². The van der Waals surface area contributed by atoms with Crippen molar-refractivity contribution >= 4 is 11.6 Å². The number of benzene rings is 1. The molecule has 2 N–H and O–H groups in total. The Labute approximate surface area is 128 Å². The van der Waals surface area contributed by atoms with Crippen LogP contribution < -0.4 is 15.4 Å². The monoisotopic (exact) mass is 303 g/mol. The average Bonchev–Trinajstić information content (AvgIpc) is 2.52. The van der Waals surface area contributed by atoms with Gasteiger partial charge < -0.3 is 15.4 Å². The van der Waals surface area contributed by atoms with Crippen LogP contribution in [-0.4, -0.2) is 24.5 Å². The van der Waals surface area contributed by atoms with Gasteiger partial charge in [-0.1, -0.05) is 0 Å². The number of aromatic nitrogens is 1. The Bertz CT molecular complexity index is 600. The SMILES string of the molecule is CNCCCC(=O)Nc1ccc(Oc2ccc(F)cc2)nc1. The van der Waals surface area contributed by atoms with Crippen LogP contribution in [0.25, 0.3) is 0 Å². The van der Waals surface area contributed by atoms with Gasteiger partial charge in [-0.3, -0.25) is 4.79 Å². The third kappa shape index (κ3) is 5.14. The second-order valence-corrected chi connectivity index (χ2v) is 4.70. The van der Waals surface area contributed by atoms with Gasteiger partial charge in [-0.05, 0) is 50.3 Å². The van der Waals surface area contributed by atoms with Gasteiger partial charge in [-0.25, -0.2) is 9.37 Å². The lowest BCUT2D eigenvalue weighted by atomic mass is 10.3. The first-order chi connectivity index (χ1) is 10.7. The Morgan fingerprint density at radius 3 is 2.64 bits per heavy atom. The second-order valence-electron chi connectivity index (χ2n) is 4.70. The lowest BCUT2D eigenvalue weighted by Gasteiger charge is -2.07. The standard InChI is InChI=1S/C16H18FN3O2/c1-18-10-2-3-15(21)20-13-6-9-16(19-11-13)22-14-7-4-12(17)5-8-14/h4-9,11,18H,2-3,10H2,1H3,(H,20,21). The number of rotatable bonds is 7. The predicted molar refractivity (Wildman–Crippen MR) is 82.5 cm³/mol. The van der Waals surface area contributed by atoms with Crippen LogP contribution in [0.5, 0.6) is 11.6 Å². The molecule has 1 heterocycles. The fourth-order valence-electron chi connectivity index (χ4n) is 1.79. The number of halogens is 1. The van der Waals surface area contributed by atoms with E-state index in [-0.39, 0.29) is 11.7 Å². The molecule has 0 radical (unpaired) electrons. The third-order valence-electron chi connectivity index (χ3n) is 2.89. The van der Waals surface area contributed by atoms with Gasteiger partial charge in [0, 0.05) is 12.5 Å². The first-order valence-electron chi connectivity index (χ1n) is 7.01. The molecule has 0 aliphatic rings. The number of pyridine rings is 1. The molecule has 0 fully saturated rings. The molecule has 0 unspecified atom stereocenters. The van der Waals surface area contributed by atoms with Crippen LogP contribution >= 0.6 is 0 Å².